The third-order valence-corrected chi connectivity index (χ3v) is 9.17. The first-order valence-corrected chi connectivity index (χ1v) is 21.7. The van der Waals surface area contributed by atoms with Gasteiger partial charge in [-0.05, 0) is 84.5 Å². The quantitative estimate of drug-likeness (QED) is 0.0410. The van der Waals surface area contributed by atoms with Crippen molar-refractivity contribution in [3.8, 4) is 0 Å². The summed E-state index contributed by atoms with van der Waals surface area (Å²) in [4.78, 5) is 0. The molecule has 0 amide bonds. The van der Waals surface area contributed by atoms with Crippen molar-refractivity contribution in [3.63, 3.8) is 0 Å². The molecule has 6 unspecified atom stereocenters. The number of rotatable bonds is 38. The van der Waals surface area contributed by atoms with Gasteiger partial charge in [0.25, 0.3) is 11.7 Å². The fourth-order valence-corrected chi connectivity index (χ4v) is 6.57. The van der Waals surface area contributed by atoms with E-state index in [4.69, 9.17) is 43.6 Å². The molecule has 0 saturated heterocycles. The molecule has 0 rings (SSSR count). The minimum Gasteiger partial charge on any atom is -0.393 e. The molecule has 0 bridgehead atoms. The van der Waals surface area contributed by atoms with Crippen molar-refractivity contribution in [2.75, 3.05) is 39.6 Å². The molecule has 0 aromatic carbocycles. The van der Waals surface area contributed by atoms with Crippen LogP contribution in [0.4, 0.5) is 0 Å². The summed E-state index contributed by atoms with van der Waals surface area (Å²) in [7, 11) is 0. The Labute approximate surface area is 326 Å². The van der Waals surface area contributed by atoms with Crippen LogP contribution in [0.1, 0.15) is 185 Å². The van der Waals surface area contributed by atoms with Gasteiger partial charge in [0.2, 0.25) is 5.79 Å². The van der Waals surface area contributed by atoms with E-state index in [1.807, 2.05) is 41.5 Å². The van der Waals surface area contributed by atoms with Crippen LogP contribution in [0, 0.1) is 0 Å². The van der Waals surface area contributed by atoms with E-state index in [1.165, 1.54) is 6.42 Å². The maximum atomic E-state index is 10.8. The Kier molecular flexibility index (Phi) is 29.5. The number of aliphatic hydroxyl groups excluding tert-OH is 2. The first kappa shape index (κ1) is 52.6. The van der Waals surface area contributed by atoms with Crippen LogP contribution in [0.25, 0.3) is 0 Å². The van der Waals surface area contributed by atoms with Crippen LogP contribution in [0.5, 0.6) is 0 Å². The van der Waals surface area contributed by atoms with Crippen molar-refractivity contribution in [2.45, 2.75) is 233 Å². The summed E-state index contributed by atoms with van der Waals surface area (Å²) in [5, 5.41) is 21.4. The standard InChI is InChI=1S/C42H87NO10/c1-12-21-22-23-24-25-26-39(46-27-13-2,47-28-14-3)40(48-29-15-4,52-37(19-8)33-35(10)44)41(49-30-16-5,50-31-17-6)42(43,51-32-18-7)53-38(20-9)34-36(11)45/h35-38,44-45H,12-34,43H2,1-11H3. The number of nitrogens with two attached hydrogens (primary N) is 1. The SMILES string of the molecule is CCCCCCCCC(OCCC)(OCCC)C(OCCC)(OC(CC)CC(C)O)C(OCCC)(OCCC)C(N)(OCCC)OC(CC)CC(C)O. The van der Waals surface area contributed by atoms with Gasteiger partial charge in [-0.15, -0.1) is 0 Å². The monoisotopic (exact) mass is 766 g/mol. The lowest BCUT2D eigenvalue weighted by Gasteiger charge is -2.60. The molecule has 53 heavy (non-hydrogen) atoms. The van der Waals surface area contributed by atoms with Gasteiger partial charge in [0.15, 0.2) is 0 Å². The number of unbranched alkanes of at least 4 members (excludes halogenated alkanes) is 5. The zero-order valence-corrected chi connectivity index (χ0v) is 36.3. The van der Waals surface area contributed by atoms with Gasteiger partial charge in [0.05, 0.1) is 50.8 Å². The Morgan fingerprint density at radius 1 is 0.453 bits per heavy atom. The lowest BCUT2D eigenvalue weighted by atomic mass is 9.86. The molecule has 0 aromatic rings. The van der Waals surface area contributed by atoms with Crippen LogP contribution in [0.3, 0.4) is 0 Å². The molecule has 0 saturated carbocycles. The third-order valence-electron chi connectivity index (χ3n) is 9.17. The van der Waals surface area contributed by atoms with E-state index in [0.717, 1.165) is 32.1 Å². The summed E-state index contributed by atoms with van der Waals surface area (Å²) < 4.78 is 56.7. The third kappa shape index (κ3) is 16.5. The second-order valence-electron chi connectivity index (χ2n) is 14.7. The average Bonchev–Trinajstić information content (AvgIpc) is 3.13. The van der Waals surface area contributed by atoms with Gasteiger partial charge in [0.1, 0.15) is 0 Å². The second-order valence-corrected chi connectivity index (χ2v) is 14.7. The van der Waals surface area contributed by atoms with Crippen molar-refractivity contribution in [3.05, 3.63) is 0 Å². The smallest absolute Gasteiger partial charge is 0.301 e. The van der Waals surface area contributed by atoms with Crippen molar-refractivity contribution in [1.82, 2.24) is 0 Å². The van der Waals surface area contributed by atoms with Crippen LogP contribution in [-0.4, -0.2) is 97.5 Å². The van der Waals surface area contributed by atoms with Gasteiger partial charge >= 0.3 is 5.79 Å². The topological polar surface area (TPSA) is 140 Å². The predicted molar refractivity (Wildman–Crippen MR) is 213 cm³/mol. The Hall–Kier alpha value is -0.440. The molecule has 0 spiro atoms. The maximum absolute atomic E-state index is 10.8. The highest BCUT2D eigenvalue weighted by molar-refractivity contribution is 5.09. The van der Waals surface area contributed by atoms with Gasteiger partial charge in [-0.25, -0.2) is 0 Å². The van der Waals surface area contributed by atoms with E-state index in [-0.39, 0.29) is 26.4 Å². The van der Waals surface area contributed by atoms with E-state index < -0.39 is 47.7 Å². The zero-order valence-electron chi connectivity index (χ0n) is 36.3. The first-order chi connectivity index (χ1) is 25.4. The van der Waals surface area contributed by atoms with E-state index in [9.17, 15) is 10.2 Å². The van der Waals surface area contributed by atoms with E-state index in [1.54, 1.807) is 13.8 Å². The summed E-state index contributed by atoms with van der Waals surface area (Å²) in [6.07, 6.45) is 9.69. The fraction of sp³-hybridized carbons (Fsp3) is 1.00. The normalized spacial score (nSPS) is 17.3. The molecule has 0 fully saturated rings. The highest BCUT2D eigenvalue weighted by atomic mass is 16.9. The van der Waals surface area contributed by atoms with Gasteiger partial charge in [0, 0.05) is 19.6 Å². The average molecular weight is 766 g/mol. The van der Waals surface area contributed by atoms with Crippen LogP contribution >= 0.6 is 0 Å². The Morgan fingerprint density at radius 2 is 0.830 bits per heavy atom. The van der Waals surface area contributed by atoms with E-state index in [0.29, 0.717) is 83.8 Å². The molecule has 0 aliphatic heterocycles. The van der Waals surface area contributed by atoms with Crippen molar-refractivity contribution >= 4 is 0 Å². The number of ether oxygens (including phenoxy) is 8. The molecule has 11 heteroatoms. The summed E-state index contributed by atoms with van der Waals surface area (Å²) in [6.45, 7) is 23.4. The molecule has 0 radical (unpaired) electrons. The predicted octanol–water partition coefficient (Wildman–Crippen LogP) is 9.13. The van der Waals surface area contributed by atoms with Crippen molar-refractivity contribution in [2.24, 2.45) is 5.73 Å². The van der Waals surface area contributed by atoms with Crippen molar-refractivity contribution < 1.29 is 48.1 Å². The minimum atomic E-state index is -2.16. The molecular formula is C42H87NO10. The van der Waals surface area contributed by atoms with Crippen LogP contribution in [0.2, 0.25) is 0 Å². The largest absolute Gasteiger partial charge is 0.393 e. The van der Waals surface area contributed by atoms with Crippen LogP contribution in [0.15, 0.2) is 0 Å². The Balaban J connectivity index is 8.74. The highest BCUT2D eigenvalue weighted by Crippen LogP contribution is 2.53. The molecule has 6 atom stereocenters. The van der Waals surface area contributed by atoms with Gasteiger partial charge in [-0.2, -0.15) is 0 Å². The van der Waals surface area contributed by atoms with Gasteiger partial charge < -0.3 is 48.1 Å². The maximum Gasteiger partial charge on any atom is 0.301 e. The highest BCUT2D eigenvalue weighted by Gasteiger charge is 2.79. The number of aliphatic hydroxyl groups is 2. The second kappa shape index (κ2) is 29.8. The summed E-state index contributed by atoms with van der Waals surface area (Å²) >= 11 is 0. The molecular weight excluding hydrogens is 678 g/mol. The van der Waals surface area contributed by atoms with Crippen molar-refractivity contribution in [1.29, 1.82) is 0 Å². The molecule has 0 aliphatic rings. The van der Waals surface area contributed by atoms with Gasteiger partial charge in [-0.1, -0.05) is 94.4 Å². The lowest BCUT2D eigenvalue weighted by Crippen LogP contribution is -2.84. The molecule has 0 aromatic heterocycles. The molecule has 11 nitrogen and oxygen atoms in total. The molecule has 320 valence electrons. The Bertz CT molecular complexity index is 833. The fourth-order valence-electron chi connectivity index (χ4n) is 6.57. The minimum absolute atomic E-state index is 0.192. The Morgan fingerprint density at radius 3 is 1.25 bits per heavy atom. The number of hydrogen-bond donors (Lipinski definition) is 3. The van der Waals surface area contributed by atoms with Gasteiger partial charge in [-0.3, -0.25) is 5.73 Å². The molecule has 4 N–H and O–H groups in total. The van der Waals surface area contributed by atoms with Crippen LogP contribution in [-0.2, 0) is 37.9 Å². The molecule has 0 heterocycles. The number of hydrogen-bond acceptors (Lipinski definition) is 11. The van der Waals surface area contributed by atoms with Crippen LogP contribution < -0.4 is 5.73 Å². The zero-order chi connectivity index (χ0) is 40.2. The lowest BCUT2D eigenvalue weighted by molar-refractivity contribution is -0.554. The van der Waals surface area contributed by atoms with E-state index in [2.05, 4.69) is 20.8 Å². The first-order valence-electron chi connectivity index (χ1n) is 21.7. The summed E-state index contributed by atoms with van der Waals surface area (Å²) in [5.41, 5.74) is 7.64. The molecule has 0 aliphatic carbocycles. The summed E-state index contributed by atoms with van der Waals surface area (Å²) in [6, 6.07) is 0. The van der Waals surface area contributed by atoms with E-state index >= 15 is 0 Å². The summed E-state index contributed by atoms with van der Waals surface area (Å²) in [5.74, 6) is -7.97.